The zero-order valence-electron chi connectivity index (χ0n) is 16.7. The SMILES string of the molecule is CCO.N#CCN1CCCNCC1.[C-]#[N+]CN1CCCN(CCC#N)CC1. The maximum absolute atomic E-state index is 8.48. The highest BCUT2D eigenvalue weighted by molar-refractivity contribution is 4.78. The van der Waals surface area contributed by atoms with Crippen LogP contribution in [0.2, 0.25) is 0 Å². The van der Waals surface area contributed by atoms with Gasteiger partial charge < -0.3 is 15.3 Å². The number of hydrogen-bond acceptors (Lipinski definition) is 7. The Hall–Kier alpha value is -1.73. The molecule has 0 spiro atoms. The van der Waals surface area contributed by atoms with Gasteiger partial charge in [-0.05, 0) is 32.9 Å². The van der Waals surface area contributed by atoms with E-state index in [1.54, 1.807) is 6.92 Å². The second kappa shape index (κ2) is 19.0. The summed E-state index contributed by atoms with van der Waals surface area (Å²) < 4.78 is 0. The predicted octanol–water partition coefficient (Wildman–Crippen LogP) is 0.588. The van der Waals surface area contributed by atoms with E-state index in [2.05, 4.69) is 37.0 Å². The van der Waals surface area contributed by atoms with Crippen molar-refractivity contribution in [2.45, 2.75) is 26.2 Å². The summed E-state index contributed by atoms with van der Waals surface area (Å²) in [5.74, 6) is 0. The molecule has 2 N–H and O–H groups in total. The molecule has 0 aromatic rings. The number of nitrogens with one attached hydrogen (secondary N) is 1. The Kier molecular flexibility index (Phi) is 17.8. The maximum atomic E-state index is 8.48. The number of aliphatic hydroxyl groups excluding tert-OH is 1. The molecular weight excluding hydrogens is 342 g/mol. The van der Waals surface area contributed by atoms with Gasteiger partial charge in [-0.25, -0.2) is 11.5 Å². The smallest absolute Gasteiger partial charge is 0.270 e. The third-order valence-electron chi connectivity index (χ3n) is 4.22. The fraction of sp³-hybridized carbons (Fsp3) is 0.842. The lowest BCUT2D eigenvalue weighted by atomic mass is 10.3. The Labute approximate surface area is 164 Å². The van der Waals surface area contributed by atoms with E-state index in [-0.39, 0.29) is 6.61 Å². The van der Waals surface area contributed by atoms with Crippen LogP contribution in [0.25, 0.3) is 4.85 Å². The normalized spacial score (nSPS) is 18.8. The fourth-order valence-electron chi connectivity index (χ4n) is 2.86. The average molecular weight is 378 g/mol. The van der Waals surface area contributed by atoms with Crippen LogP contribution < -0.4 is 5.32 Å². The van der Waals surface area contributed by atoms with E-state index in [9.17, 15) is 0 Å². The van der Waals surface area contributed by atoms with E-state index in [1.165, 1.54) is 6.42 Å². The molecular formula is C19H35N7O. The van der Waals surface area contributed by atoms with E-state index in [0.717, 1.165) is 65.3 Å². The van der Waals surface area contributed by atoms with E-state index < -0.39 is 0 Å². The van der Waals surface area contributed by atoms with Crippen LogP contribution in [0.1, 0.15) is 26.2 Å². The van der Waals surface area contributed by atoms with Crippen LogP contribution in [0.5, 0.6) is 0 Å². The Morgan fingerprint density at radius 2 is 1.63 bits per heavy atom. The summed E-state index contributed by atoms with van der Waals surface area (Å²) in [6.07, 6.45) is 2.89. The number of hydrogen-bond donors (Lipinski definition) is 2. The molecule has 2 aliphatic rings. The first-order valence-corrected chi connectivity index (χ1v) is 9.77. The highest BCUT2D eigenvalue weighted by Gasteiger charge is 2.15. The van der Waals surface area contributed by atoms with Gasteiger partial charge in [-0.3, -0.25) is 9.74 Å². The van der Waals surface area contributed by atoms with Crippen molar-refractivity contribution in [3.05, 3.63) is 11.4 Å². The number of nitriles is 2. The Bertz CT molecular complexity index is 458. The van der Waals surface area contributed by atoms with Crippen molar-refractivity contribution < 1.29 is 5.11 Å². The Morgan fingerprint density at radius 1 is 0.963 bits per heavy atom. The lowest BCUT2D eigenvalue weighted by Gasteiger charge is -2.17. The molecule has 0 radical (unpaired) electrons. The van der Waals surface area contributed by atoms with Crippen LogP contribution in [0.3, 0.4) is 0 Å². The highest BCUT2D eigenvalue weighted by atomic mass is 16.2. The van der Waals surface area contributed by atoms with Crippen LogP contribution in [0.4, 0.5) is 0 Å². The lowest BCUT2D eigenvalue weighted by Crippen LogP contribution is -2.31. The van der Waals surface area contributed by atoms with Crippen LogP contribution in [0, 0.1) is 29.2 Å². The summed E-state index contributed by atoms with van der Waals surface area (Å²) in [6, 6.07) is 4.33. The maximum Gasteiger partial charge on any atom is 0.270 e. The van der Waals surface area contributed by atoms with Gasteiger partial charge in [-0.2, -0.15) is 10.5 Å². The first kappa shape index (κ1) is 25.3. The summed E-state index contributed by atoms with van der Waals surface area (Å²) in [7, 11) is 0. The Morgan fingerprint density at radius 3 is 2.30 bits per heavy atom. The van der Waals surface area contributed by atoms with Crippen LogP contribution in [-0.4, -0.2) is 98.5 Å². The lowest BCUT2D eigenvalue weighted by molar-refractivity contribution is 0.272. The summed E-state index contributed by atoms with van der Waals surface area (Å²) in [4.78, 5) is 10.1. The molecule has 2 aliphatic heterocycles. The molecule has 0 atom stereocenters. The molecule has 2 heterocycles. The second-order valence-corrected chi connectivity index (χ2v) is 6.37. The van der Waals surface area contributed by atoms with Gasteiger partial charge in [0, 0.05) is 58.8 Å². The monoisotopic (exact) mass is 377 g/mol. The van der Waals surface area contributed by atoms with Gasteiger partial charge in [0.2, 0.25) is 0 Å². The van der Waals surface area contributed by atoms with Crippen LogP contribution in [-0.2, 0) is 0 Å². The van der Waals surface area contributed by atoms with E-state index in [0.29, 0.717) is 19.6 Å². The van der Waals surface area contributed by atoms with Crippen molar-refractivity contribution in [1.29, 1.82) is 10.5 Å². The molecule has 2 saturated heterocycles. The van der Waals surface area contributed by atoms with Gasteiger partial charge in [0.15, 0.2) is 0 Å². The van der Waals surface area contributed by atoms with Crippen molar-refractivity contribution in [1.82, 2.24) is 20.0 Å². The molecule has 27 heavy (non-hydrogen) atoms. The molecule has 0 unspecified atom stereocenters. The summed E-state index contributed by atoms with van der Waals surface area (Å²) in [6.45, 7) is 19.0. The first-order valence-electron chi connectivity index (χ1n) is 9.77. The standard InChI is InChI=1S/C10H16N4.C7H13N3.C2H6O/c1-12-10-14-7-3-6-13(8-9-14)5-2-4-11;8-2-6-10-5-1-3-9-4-7-10;1-2-3/h2-3,5-10H2;9H,1,3-7H2;3H,2H2,1H3. The van der Waals surface area contributed by atoms with Crippen LogP contribution >= 0.6 is 0 Å². The minimum atomic E-state index is 0.250. The summed E-state index contributed by atoms with van der Waals surface area (Å²) in [5, 5.41) is 27.7. The molecule has 0 aromatic carbocycles. The Balaban J connectivity index is 0.000000455. The average Bonchev–Trinajstić information content (AvgIpc) is 3.05. The van der Waals surface area contributed by atoms with Crippen molar-refractivity contribution in [2.75, 3.05) is 78.7 Å². The van der Waals surface area contributed by atoms with Gasteiger partial charge in [0.05, 0.1) is 18.7 Å². The molecule has 0 saturated carbocycles. The summed E-state index contributed by atoms with van der Waals surface area (Å²) in [5.41, 5.74) is 0. The van der Waals surface area contributed by atoms with Crippen molar-refractivity contribution >= 4 is 0 Å². The second-order valence-electron chi connectivity index (χ2n) is 6.37. The fourth-order valence-corrected chi connectivity index (χ4v) is 2.86. The minimum absolute atomic E-state index is 0.250. The first-order chi connectivity index (χ1) is 13.2. The summed E-state index contributed by atoms with van der Waals surface area (Å²) >= 11 is 0. The molecule has 152 valence electrons. The van der Waals surface area contributed by atoms with Crippen molar-refractivity contribution in [3.8, 4) is 12.1 Å². The zero-order chi connectivity index (χ0) is 20.2. The number of aliphatic hydroxyl groups is 1. The largest absolute Gasteiger partial charge is 0.397 e. The van der Waals surface area contributed by atoms with E-state index >= 15 is 0 Å². The van der Waals surface area contributed by atoms with E-state index in [4.69, 9.17) is 22.2 Å². The van der Waals surface area contributed by atoms with Crippen LogP contribution in [0.15, 0.2) is 0 Å². The third kappa shape index (κ3) is 15.1. The molecule has 2 rings (SSSR count). The quantitative estimate of drug-likeness (QED) is 0.547. The molecule has 8 heteroatoms. The highest BCUT2D eigenvalue weighted by Crippen LogP contribution is 2.03. The zero-order valence-corrected chi connectivity index (χ0v) is 16.7. The van der Waals surface area contributed by atoms with Gasteiger partial charge in [0.25, 0.3) is 6.67 Å². The molecule has 0 aliphatic carbocycles. The van der Waals surface area contributed by atoms with Gasteiger partial charge in [-0.1, -0.05) is 0 Å². The number of nitrogens with zero attached hydrogens (tertiary/aromatic N) is 6. The molecule has 2 fully saturated rings. The van der Waals surface area contributed by atoms with Gasteiger partial charge in [0.1, 0.15) is 0 Å². The van der Waals surface area contributed by atoms with Gasteiger partial charge in [-0.15, -0.1) is 0 Å². The van der Waals surface area contributed by atoms with Crippen molar-refractivity contribution in [3.63, 3.8) is 0 Å². The number of rotatable bonds is 4. The minimum Gasteiger partial charge on any atom is -0.397 e. The van der Waals surface area contributed by atoms with Gasteiger partial charge >= 0.3 is 0 Å². The molecule has 0 aromatic heterocycles. The predicted molar refractivity (Wildman–Crippen MR) is 107 cm³/mol. The van der Waals surface area contributed by atoms with E-state index in [1.807, 2.05) is 0 Å². The van der Waals surface area contributed by atoms with Crippen molar-refractivity contribution in [2.24, 2.45) is 0 Å². The topological polar surface area (TPSA) is 93.9 Å². The third-order valence-corrected chi connectivity index (χ3v) is 4.22. The molecule has 0 amide bonds. The molecule has 8 nitrogen and oxygen atoms in total. The molecule has 0 bridgehead atoms.